The van der Waals surface area contributed by atoms with Gasteiger partial charge in [-0.3, -0.25) is 14.9 Å². The zero-order valence-electron chi connectivity index (χ0n) is 13.5. The van der Waals surface area contributed by atoms with E-state index in [4.69, 9.17) is 0 Å². The van der Waals surface area contributed by atoms with E-state index < -0.39 is 4.92 Å². The summed E-state index contributed by atoms with van der Waals surface area (Å²) >= 11 is 1.42. The predicted octanol–water partition coefficient (Wildman–Crippen LogP) is 4.87. The van der Waals surface area contributed by atoms with Gasteiger partial charge >= 0.3 is 0 Å². The van der Waals surface area contributed by atoms with Crippen LogP contribution in [0.2, 0.25) is 0 Å². The molecule has 3 aromatic carbocycles. The van der Waals surface area contributed by atoms with Gasteiger partial charge < -0.3 is 5.32 Å². The molecule has 6 heteroatoms. The summed E-state index contributed by atoms with van der Waals surface area (Å²) in [6, 6.07) is 20.2. The number of para-hydroxylation sites is 2. The third-order valence-corrected chi connectivity index (χ3v) is 4.86. The molecule has 0 fully saturated rings. The first kappa shape index (κ1) is 17.0. The molecule has 0 radical (unpaired) electrons. The van der Waals surface area contributed by atoms with Gasteiger partial charge in [0, 0.05) is 11.0 Å². The van der Waals surface area contributed by atoms with Crippen molar-refractivity contribution in [3.63, 3.8) is 0 Å². The fraction of sp³-hybridized carbons (Fsp3) is 0.105. The summed E-state index contributed by atoms with van der Waals surface area (Å²) in [5, 5.41) is 15.5. The van der Waals surface area contributed by atoms with Crippen molar-refractivity contribution in [1.82, 2.24) is 0 Å². The highest BCUT2D eigenvalue weighted by Gasteiger charge is 2.19. The number of nitro groups is 1. The van der Waals surface area contributed by atoms with Gasteiger partial charge in [-0.25, -0.2) is 0 Å². The Kier molecular flexibility index (Phi) is 5.00. The molecule has 0 saturated carbocycles. The van der Waals surface area contributed by atoms with Crippen LogP contribution >= 0.6 is 11.8 Å². The Bertz CT molecular complexity index is 943. The van der Waals surface area contributed by atoms with Crippen molar-refractivity contribution in [1.29, 1.82) is 0 Å². The van der Waals surface area contributed by atoms with Gasteiger partial charge in [0.25, 0.3) is 5.69 Å². The Morgan fingerprint density at radius 2 is 1.72 bits per heavy atom. The smallest absolute Gasteiger partial charge is 0.292 e. The molecule has 3 aromatic rings. The third kappa shape index (κ3) is 3.97. The molecule has 0 spiro atoms. The van der Waals surface area contributed by atoms with Gasteiger partial charge in [-0.05, 0) is 35.9 Å². The summed E-state index contributed by atoms with van der Waals surface area (Å²) in [7, 11) is 0. The molecule has 0 aliphatic heterocycles. The SMILES string of the molecule is C[C@H](Sc1ccc2ccccc2c1)C(=O)Nc1ccccc1[N+](=O)[O-]. The van der Waals surface area contributed by atoms with Crippen LogP contribution in [0.15, 0.2) is 71.6 Å². The topological polar surface area (TPSA) is 72.2 Å². The van der Waals surface area contributed by atoms with Crippen molar-refractivity contribution >= 4 is 39.8 Å². The number of nitrogens with zero attached hydrogens (tertiary/aromatic N) is 1. The minimum Gasteiger partial charge on any atom is -0.319 e. The summed E-state index contributed by atoms with van der Waals surface area (Å²) in [5.41, 5.74) is 0.0993. The third-order valence-electron chi connectivity index (χ3n) is 3.76. The minimum absolute atomic E-state index is 0.112. The van der Waals surface area contributed by atoms with E-state index in [1.54, 1.807) is 19.1 Å². The first-order chi connectivity index (χ1) is 12.0. The van der Waals surface area contributed by atoms with Gasteiger partial charge in [0.1, 0.15) is 5.69 Å². The molecule has 1 amide bonds. The fourth-order valence-electron chi connectivity index (χ4n) is 2.47. The zero-order chi connectivity index (χ0) is 17.8. The largest absolute Gasteiger partial charge is 0.319 e. The summed E-state index contributed by atoms with van der Waals surface area (Å²) in [6.07, 6.45) is 0. The van der Waals surface area contributed by atoms with Crippen LogP contribution < -0.4 is 5.32 Å². The molecule has 0 unspecified atom stereocenters. The Morgan fingerprint density at radius 1 is 1.04 bits per heavy atom. The number of hydrogen-bond acceptors (Lipinski definition) is 4. The number of carbonyl (C=O) groups excluding carboxylic acids is 1. The van der Waals surface area contributed by atoms with Crippen molar-refractivity contribution in [2.45, 2.75) is 17.1 Å². The van der Waals surface area contributed by atoms with E-state index in [0.29, 0.717) is 0 Å². The van der Waals surface area contributed by atoms with E-state index in [2.05, 4.69) is 5.32 Å². The van der Waals surface area contributed by atoms with Gasteiger partial charge in [-0.2, -0.15) is 0 Å². The molecular formula is C19H16N2O3S. The first-order valence-corrected chi connectivity index (χ1v) is 8.62. The number of amides is 1. The highest BCUT2D eigenvalue weighted by molar-refractivity contribution is 8.00. The monoisotopic (exact) mass is 352 g/mol. The van der Waals surface area contributed by atoms with Crippen LogP contribution in [-0.4, -0.2) is 16.1 Å². The van der Waals surface area contributed by atoms with Crippen molar-refractivity contribution in [2.75, 3.05) is 5.32 Å². The van der Waals surface area contributed by atoms with Crippen molar-refractivity contribution < 1.29 is 9.72 Å². The maximum absolute atomic E-state index is 12.4. The second-order valence-corrected chi connectivity index (χ2v) is 6.95. The molecule has 0 aromatic heterocycles. The predicted molar refractivity (Wildman–Crippen MR) is 101 cm³/mol. The number of anilines is 1. The Morgan fingerprint density at radius 3 is 2.48 bits per heavy atom. The van der Waals surface area contributed by atoms with Crippen molar-refractivity contribution in [2.24, 2.45) is 0 Å². The summed E-state index contributed by atoms with van der Waals surface area (Å²) in [5.74, 6) is -0.271. The van der Waals surface area contributed by atoms with Gasteiger partial charge in [0.15, 0.2) is 0 Å². The second-order valence-electron chi connectivity index (χ2n) is 5.53. The van der Waals surface area contributed by atoms with Crippen molar-refractivity contribution in [3.8, 4) is 0 Å². The lowest BCUT2D eigenvalue weighted by Gasteiger charge is -2.12. The molecule has 25 heavy (non-hydrogen) atoms. The van der Waals surface area contributed by atoms with Crippen molar-refractivity contribution in [3.05, 3.63) is 76.8 Å². The molecule has 5 nitrogen and oxygen atoms in total. The second kappa shape index (κ2) is 7.36. The number of nitrogens with one attached hydrogen (secondary N) is 1. The highest BCUT2D eigenvalue weighted by atomic mass is 32.2. The van der Waals surface area contributed by atoms with E-state index >= 15 is 0 Å². The molecule has 0 aliphatic rings. The van der Waals surface area contributed by atoms with E-state index in [1.807, 2.05) is 42.5 Å². The van der Waals surface area contributed by atoms with Gasteiger partial charge in [-0.1, -0.05) is 42.5 Å². The molecule has 0 aliphatic carbocycles. The van der Waals surface area contributed by atoms with E-state index in [-0.39, 0.29) is 22.5 Å². The number of rotatable bonds is 5. The number of thioether (sulfide) groups is 1. The first-order valence-electron chi connectivity index (χ1n) is 7.74. The van der Waals surface area contributed by atoms with Crippen LogP contribution in [0.1, 0.15) is 6.92 Å². The molecule has 0 saturated heterocycles. The van der Waals surface area contributed by atoms with Gasteiger partial charge in [0.2, 0.25) is 5.91 Å². The summed E-state index contributed by atoms with van der Waals surface area (Å²) < 4.78 is 0. The maximum atomic E-state index is 12.4. The molecule has 1 N–H and O–H groups in total. The van der Waals surface area contributed by atoms with Crippen LogP contribution in [0, 0.1) is 10.1 Å². The Labute approximate surface area is 149 Å². The quantitative estimate of drug-likeness (QED) is 0.404. The standard InChI is InChI=1S/C19H16N2O3S/c1-13(19(22)20-17-8-4-5-9-18(17)21(23)24)25-16-11-10-14-6-2-3-7-15(14)12-16/h2-13H,1H3,(H,20,22)/t13-/m0/s1. The number of fused-ring (bicyclic) bond motifs is 1. The number of hydrogen-bond donors (Lipinski definition) is 1. The van der Waals surface area contributed by atoms with Crippen LogP contribution in [-0.2, 0) is 4.79 Å². The average Bonchev–Trinajstić information content (AvgIpc) is 2.61. The number of nitro benzene ring substituents is 1. The molecule has 3 rings (SSSR count). The van der Waals surface area contributed by atoms with Gasteiger partial charge in [0.05, 0.1) is 10.2 Å². The minimum atomic E-state index is -0.503. The lowest BCUT2D eigenvalue weighted by molar-refractivity contribution is -0.383. The fourth-order valence-corrected chi connectivity index (χ4v) is 3.39. The summed E-state index contributed by atoms with van der Waals surface area (Å²) in [4.78, 5) is 23.9. The Hall–Kier alpha value is -2.86. The van der Waals surface area contributed by atoms with Crippen LogP contribution in [0.4, 0.5) is 11.4 Å². The zero-order valence-corrected chi connectivity index (χ0v) is 14.3. The molecular weight excluding hydrogens is 336 g/mol. The maximum Gasteiger partial charge on any atom is 0.292 e. The van der Waals surface area contributed by atoms with Crippen LogP contribution in [0.3, 0.4) is 0 Å². The number of carbonyl (C=O) groups is 1. The molecule has 1 atom stereocenters. The average molecular weight is 352 g/mol. The normalized spacial score (nSPS) is 11.9. The lowest BCUT2D eigenvalue weighted by Crippen LogP contribution is -2.22. The van der Waals surface area contributed by atoms with E-state index in [0.717, 1.165) is 15.7 Å². The highest BCUT2D eigenvalue weighted by Crippen LogP contribution is 2.29. The Balaban J connectivity index is 1.73. The number of benzene rings is 3. The van der Waals surface area contributed by atoms with Crippen LogP contribution in [0.25, 0.3) is 10.8 Å². The van der Waals surface area contributed by atoms with E-state index in [9.17, 15) is 14.9 Å². The van der Waals surface area contributed by atoms with Gasteiger partial charge in [-0.15, -0.1) is 11.8 Å². The van der Waals surface area contributed by atoms with Crippen LogP contribution in [0.5, 0.6) is 0 Å². The molecule has 0 bridgehead atoms. The molecule has 0 heterocycles. The summed E-state index contributed by atoms with van der Waals surface area (Å²) in [6.45, 7) is 1.78. The molecule has 126 valence electrons. The lowest BCUT2D eigenvalue weighted by atomic mass is 10.1. The van der Waals surface area contributed by atoms with E-state index in [1.165, 1.54) is 23.9 Å².